The van der Waals surface area contributed by atoms with Gasteiger partial charge in [0.05, 0.1) is 13.2 Å². The monoisotopic (exact) mass is 221 g/mol. The van der Waals surface area contributed by atoms with Gasteiger partial charge >= 0.3 is 0 Å². The topological polar surface area (TPSA) is 68.2 Å². The van der Waals surface area contributed by atoms with E-state index in [9.17, 15) is 0 Å². The van der Waals surface area contributed by atoms with Crippen molar-refractivity contribution in [1.29, 1.82) is 0 Å². The van der Waals surface area contributed by atoms with Gasteiger partial charge in [0.15, 0.2) is 6.61 Å². The van der Waals surface area contributed by atoms with Crippen molar-refractivity contribution in [3.05, 3.63) is 6.61 Å². The fraction of sp³-hybridized carbons (Fsp3) is 0.900. The van der Waals surface area contributed by atoms with Gasteiger partial charge in [-0.15, -0.1) is 0 Å². The maximum atomic E-state index is 8.79. The summed E-state index contributed by atoms with van der Waals surface area (Å²) in [6.45, 7) is 3.18. The third kappa shape index (κ3) is 11.7. The minimum absolute atomic E-state index is 0.402. The fourth-order valence-corrected chi connectivity index (χ4v) is 0.956. The van der Waals surface area contributed by atoms with Gasteiger partial charge in [-0.25, -0.2) is 4.89 Å². The van der Waals surface area contributed by atoms with Crippen LogP contribution in [0.5, 0.6) is 0 Å². The molecule has 0 aromatic rings. The number of hydrogen-bond acceptors (Lipinski definition) is 5. The summed E-state index contributed by atoms with van der Waals surface area (Å²) in [7, 11) is 0. The number of hydrogen-bond donors (Lipinski definition) is 2. The van der Waals surface area contributed by atoms with E-state index in [-0.39, 0.29) is 0 Å². The summed E-state index contributed by atoms with van der Waals surface area (Å²) in [5, 5.41) is 21.5. The van der Waals surface area contributed by atoms with E-state index in [0.29, 0.717) is 6.61 Å². The first-order chi connectivity index (χ1) is 7.31. The molecule has 2 N–H and O–H groups in total. The quantitative estimate of drug-likeness (QED) is 0.313. The summed E-state index contributed by atoms with van der Waals surface area (Å²) in [6.07, 6.45) is 4.66. The van der Waals surface area contributed by atoms with Gasteiger partial charge in [0, 0.05) is 0 Å². The van der Waals surface area contributed by atoms with E-state index in [1.54, 1.807) is 0 Å². The van der Waals surface area contributed by atoms with E-state index in [0.717, 1.165) is 19.4 Å². The van der Waals surface area contributed by atoms with Gasteiger partial charge in [-0.05, 0) is 6.42 Å². The van der Waals surface area contributed by atoms with E-state index in [4.69, 9.17) is 10.2 Å². The molecule has 0 aliphatic heterocycles. The van der Waals surface area contributed by atoms with Crippen molar-refractivity contribution in [1.82, 2.24) is 0 Å². The van der Waals surface area contributed by atoms with E-state index in [2.05, 4.69) is 21.7 Å². The first kappa shape index (κ1) is 14.8. The van der Waals surface area contributed by atoms with Crippen LogP contribution in [0.1, 0.15) is 39.0 Å². The Hall–Kier alpha value is -0.200. The Balaban J connectivity index is 2.92. The molecule has 5 nitrogen and oxygen atoms in total. The molecular weight excluding hydrogens is 200 g/mol. The van der Waals surface area contributed by atoms with Crippen molar-refractivity contribution in [3.63, 3.8) is 0 Å². The van der Waals surface area contributed by atoms with Crippen molar-refractivity contribution in [2.45, 2.75) is 45.1 Å². The van der Waals surface area contributed by atoms with E-state index in [1.165, 1.54) is 19.3 Å². The molecule has 0 aliphatic carbocycles. The molecule has 91 valence electrons. The van der Waals surface area contributed by atoms with Crippen LogP contribution >= 0.6 is 0 Å². The number of aliphatic hydroxyl groups excluding tert-OH is 2. The van der Waals surface area contributed by atoms with Crippen molar-refractivity contribution in [2.75, 3.05) is 13.2 Å². The van der Waals surface area contributed by atoms with Gasteiger partial charge in [0.25, 0.3) is 0 Å². The van der Waals surface area contributed by atoms with Crippen molar-refractivity contribution in [3.8, 4) is 0 Å². The molecule has 1 unspecified atom stereocenters. The normalized spacial score (nSPS) is 13.0. The third-order valence-electron chi connectivity index (χ3n) is 1.82. The number of rotatable bonds is 11. The molecule has 0 fully saturated rings. The van der Waals surface area contributed by atoms with E-state index in [1.807, 2.05) is 0 Å². The molecule has 0 saturated heterocycles. The minimum atomic E-state index is -1.04. The molecule has 1 atom stereocenters. The van der Waals surface area contributed by atoms with E-state index < -0.39 is 12.7 Å². The SMILES string of the molecule is CCCCCCCOOO[CH]C(O)CO. The minimum Gasteiger partial charge on any atom is -0.394 e. The Kier molecular flexibility index (Phi) is 11.7. The predicted octanol–water partition coefficient (Wildman–Crippen LogP) is 1.35. The van der Waals surface area contributed by atoms with Gasteiger partial charge in [0.2, 0.25) is 0 Å². The summed E-state index contributed by atoms with van der Waals surface area (Å²) < 4.78 is 0. The zero-order valence-corrected chi connectivity index (χ0v) is 9.22. The Labute approximate surface area is 90.8 Å². The van der Waals surface area contributed by atoms with Crippen molar-refractivity contribution in [2.24, 2.45) is 0 Å². The highest BCUT2D eigenvalue weighted by Crippen LogP contribution is 2.02. The predicted molar refractivity (Wildman–Crippen MR) is 54.3 cm³/mol. The highest BCUT2D eigenvalue weighted by molar-refractivity contribution is 4.60. The van der Waals surface area contributed by atoms with Crippen molar-refractivity contribution >= 4 is 0 Å². The van der Waals surface area contributed by atoms with Gasteiger partial charge in [-0.2, -0.15) is 4.89 Å². The standard InChI is InChI=1S/C10H21O5/c1-2-3-4-5-6-7-13-15-14-9-10(12)8-11/h9-12H,2-8H2,1H3. The summed E-state index contributed by atoms with van der Waals surface area (Å²) >= 11 is 0. The maximum Gasteiger partial charge on any atom is 0.156 e. The molecule has 0 bridgehead atoms. The van der Waals surface area contributed by atoms with Crippen molar-refractivity contribution < 1.29 is 25.0 Å². The molecule has 0 spiro atoms. The average molecular weight is 221 g/mol. The second kappa shape index (κ2) is 11.9. The lowest BCUT2D eigenvalue weighted by molar-refractivity contribution is -0.502. The van der Waals surface area contributed by atoms with Gasteiger partial charge in [0.1, 0.15) is 6.10 Å². The molecule has 15 heavy (non-hydrogen) atoms. The van der Waals surface area contributed by atoms with E-state index >= 15 is 0 Å². The molecule has 0 amide bonds. The molecule has 0 saturated carbocycles. The first-order valence-corrected chi connectivity index (χ1v) is 5.38. The zero-order valence-electron chi connectivity index (χ0n) is 9.22. The highest BCUT2D eigenvalue weighted by Gasteiger charge is 2.03. The number of unbranched alkanes of at least 4 members (excludes halogenated alkanes) is 4. The summed E-state index contributed by atoms with van der Waals surface area (Å²) in [5.74, 6) is 0. The van der Waals surface area contributed by atoms with Crippen LogP contribution in [0, 0.1) is 6.61 Å². The summed E-state index contributed by atoms with van der Waals surface area (Å²) in [5.41, 5.74) is 0. The Morgan fingerprint density at radius 3 is 2.60 bits per heavy atom. The lowest BCUT2D eigenvalue weighted by Gasteiger charge is -2.05. The molecule has 0 aliphatic rings. The molecule has 0 heterocycles. The maximum absolute atomic E-state index is 8.79. The number of aliphatic hydroxyl groups is 2. The summed E-state index contributed by atoms with van der Waals surface area (Å²) in [4.78, 5) is 9.02. The molecule has 0 aromatic carbocycles. The van der Waals surface area contributed by atoms with Crippen LogP contribution in [0.2, 0.25) is 0 Å². The Bertz CT molecular complexity index is 120. The molecule has 0 aromatic heterocycles. The van der Waals surface area contributed by atoms with Crippen LogP contribution in [-0.2, 0) is 14.8 Å². The first-order valence-electron chi connectivity index (χ1n) is 5.38. The highest BCUT2D eigenvalue weighted by atomic mass is 17.5. The molecule has 1 radical (unpaired) electrons. The second-order valence-corrected chi connectivity index (χ2v) is 3.29. The van der Waals surface area contributed by atoms with Gasteiger partial charge in [-0.3, -0.25) is 0 Å². The van der Waals surface area contributed by atoms with Crippen LogP contribution < -0.4 is 0 Å². The Morgan fingerprint density at radius 1 is 1.20 bits per heavy atom. The molecule has 0 rings (SSSR count). The molecule has 5 heteroatoms. The summed E-state index contributed by atoms with van der Waals surface area (Å²) in [6, 6.07) is 0. The largest absolute Gasteiger partial charge is 0.394 e. The fourth-order valence-electron chi connectivity index (χ4n) is 0.956. The van der Waals surface area contributed by atoms with Crippen LogP contribution in [0.25, 0.3) is 0 Å². The molecular formula is C10H21O5. The lowest BCUT2D eigenvalue weighted by atomic mass is 10.2. The lowest BCUT2D eigenvalue weighted by Crippen LogP contribution is -2.14. The second-order valence-electron chi connectivity index (χ2n) is 3.29. The van der Waals surface area contributed by atoms with Crippen LogP contribution in [0.3, 0.4) is 0 Å². The third-order valence-corrected chi connectivity index (χ3v) is 1.82. The van der Waals surface area contributed by atoms with Crippen LogP contribution in [0.4, 0.5) is 0 Å². The smallest absolute Gasteiger partial charge is 0.156 e. The van der Waals surface area contributed by atoms with Crippen LogP contribution in [-0.4, -0.2) is 29.5 Å². The van der Waals surface area contributed by atoms with Gasteiger partial charge in [-0.1, -0.05) is 37.6 Å². The average Bonchev–Trinajstić information content (AvgIpc) is 2.26. The zero-order chi connectivity index (χ0) is 11.4. The van der Waals surface area contributed by atoms with Crippen LogP contribution in [0.15, 0.2) is 0 Å². The van der Waals surface area contributed by atoms with Gasteiger partial charge < -0.3 is 10.2 Å². The Morgan fingerprint density at radius 2 is 1.93 bits per heavy atom.